The standard InChI is InChI=1S/C20H20N2O4S/c1-13-7-9-14(10-8-13)21-20-22-15(12-27-20)11-26-19(23)16-5-4-6-17(24-2)18(16)25-3/h4-10,12H,11H2,1-3H3,(H,21,22). The fourth-order valence-electron chi connectivity index (χ4n) is 2.46. The van der Waals surface area contributed by atoms with E-state index in [4.69, 9.17) is 14.2 Å². The highest BCUT2D eigenvalue weighted by Crippen LogP contribution is 2.31. The van der Waals surface area contributed by atoms with Gasteiger partial charge < -0.3 is 19.5 Å². The number of carbonyl (C=O) groups excluding carboxylic acids is 1. The van der Waals surface area contributed by atoms with E-state index in [0.29, 0.717) is 22.8 Å². The van der Waals surface area contributed by atoms with Crippen molar-refractivity contribution in [3.8, 4) is 11.5 Å². The number of ether oxygens (including phenoxy) is 3. The maximum Gasteiger partial charge on any atom is 0.342 e. The normalized spacial score (nSPS) is 10.3. The summed E-state index contributed by atoms with van der Waals surface area (Å²) in [5.41, 5.74) is 3.13. The number of anilines is 2. The molecule has 0 atom stereocenters. The van der Waals surface area contributed by atoms with Crippen LogP contribution in [-0.2, 0) is 11.3 Å². The number of thiazole rings is 1. The van der Waals surface area contributed by atoms with E-state index in [0.717, 1.165) is 10.8 Å². The van der Waals surface area contributed by atoms with Crippen LogP contribution in [0.25, 0.3) is 0 Å². The molecule has 0 saturated heterocycles. The first kappa shape index (κ1) is 18.7. The minimum atomic E-state index is -0.494. The minimum absolute atomic E-state index is 0.0747. The number of esters is 1. The Balaban J connectivity index is 1.63. The van der Waals surface area contributed by atoms with Crippen molar-refractivity contribution in [2.45, 2.75) is 13.5 Å². The van der Waals surface area contributed by atoms with Gasteiger partial charge in [-0.05, 0) is 31.2 Å². The number of carbonyl (C=O) groups is 1. The number of rotatable bonds is 7. The van der Waals surface area contributed by atoms with Crippen LogP contribution in [0.3, 0.4) is 0 Å². The van der Waals surface area contributed by atoms with Gasteiger partial charge in [-0.2, -0.15) is 0 Å². The van der Waals surface area contributed by atoms with Gasteiger partial charge in [0.1, 0.15) is 12.2 Å². The Morgan fingerprint density at radius 1 is 1.11 bits per heavy atom. The maximum absolute atomic E-state index is 12.4. The first-order chi connectivity index (χ1) is 13.1. The molecule has 0 fully saturated rings. The second-order valence-corrected chi connectivity index (χ2v) is 6.61. The molecule has 0 aliphatic heterocycles. The third-order valence-electron chi connectivity index (χ3n) is 3.83. The van der Waals surface area contributed by atoms with Gasteiger partial charge in [0.2, 0.25) is 0 Å². The van der Waals surface area contributed by atoms with E-state index in [2.05, 4.69) is 10.3 Å². The van der Waals surface area contributed by atoms with Gasteiger partial charge in [0.05, 0.1) is 19.9 Å². The topological polar surface area (TPSA) is 69.7 Å². The summed E-state index contributed by atoms with van der Waals surface area (Å²) in [6.45, 7) is 2.11. The SMILES string of the molecule is COc1cccc(C(=O)OCc2csc(Nc3ccc(C)cc3)n2)c1OC. The second kappa shape index (κ2) is 8.55. The summed E-state index contributed by atoms with van der Waals surface area (Å²) in [6, 6.07) is 13.1. The molecule has 0 bridgehead atoms. The molecular weight excluding hydrogens is 364 g/mol. The second-order valence-electron chi connectivity index (χ2n) is 5.75. The number of nitrogens with zero attached hydrogens (tertiary/aromatic N) is 1. The average molecular weight is 384 g/mol. The number of para-hydroxylation sites is 1. The summed E-state index contributed by atoms with van der Waals surface area (Å²) in [7, 11) is 3.00. The van der Waals surface area contributed by atoms with Crippen molar-refractivity contribution in [3.63, 3.8) is 0 Å². The summed E-state index contributed by atoms with van der Waals surface area (Å²) in [5.74, 6) is 0.335. The van der Waals surface area contributed by atoms with E-state index < -0.39 is 5.97 Å². The molecule has 1 aromatic heterocycles. The highest BCUT2D eigenvalue weighted by molar-refractivity contribution is 7.13. The first-order valence-electron chi connectivity index (χ1n) is 8.27. The van der Waals surface area contributed by atoms with E-state index in [9.17, 15) is 4.79 Å². The van der Waals surface area contributed by atoms with Crippen LogP contribution in [0.1, 0.15) is 21.6 Å². The predicted molar refractivity (Wildman–Crippen MR) is 105 cm³/mol. The van der Waals surface area contributed by atoms with Gasteiger partial charge >= 0.3 is 5.97 Å². The average Bonchev–Trinajstić information content (AvgIpc) is 3.14. The molecule has 0 saturated carbocycles. The Bertz CT molecular complexity index is 922. The zero-order chi connectivity index (χ0) is 19.2. The van der Waals surface area contributed by atoms with Crippen LogP contribution in [-0.4, -0.2) is 25.2 Å². The molecule has 6 nitrogen and oxygen atoms in total. The van der Waals surface area contributed by atoms with Crippen LogP contribution in [0, 0.1) is 6.92 Å². The molecule has 2 aromatic carbocycles. The van der Waals surface area contributed by atoms with Crippen molar-refractivity contribution in [1.29, 1.82) is 0 Å². The summed E-state index contributed by atoms with van der Waals surface area (Å²) in [4.78, 5) is 16.8. The van der Waals surface area contributed by atoms with Gasteiger partial charge in [0, 0.05) is 11.1 Å². The molecule has 7 heteroatoms. The monoisotopic (exact) mass is 384 g/mol. The van der Waals surface area contributed by atoms with Crippen molar-refractivity contribution < 1.29 is 19.0 Å². The summed E-state index contributed by atoms with van der Waals surface area (Å²) >= 11 is 1.45. The van der Waals surface area contributed by atoms with Crippen LogP contribution in [0.2, 0.25) is 0 Å². The van der Waals surface area contributed by atoms with Gasteiger partial charge in [-0.15, -0.1) is 11.3 Å². The molecule has 0 aliphatic carbocycles. The number of hydrogen-bond acceptors (Lipinski definition) is 7. The number of aryl methyl sites for hydroxylation is 1. The molecule has 3 aromatic rings. The smallest absolute Gasteiger partial charge is 0.342 e. The molecule has 0 aliphatic rings. The number of methoxy groups -OCH3 is 2. The molecule has 3 rings (SSSR count). The maximum atomic E-state index is 12.4. The molecule has 0 radical (unpaired) electrons. The van der Waals surface area contributed by atoms with Crippen molar-refractivity contribution in [1.82, 2.24) is 4.98 Å². The highest BCUT2D eigenvalue weighted by atomic mass is 32.1. The molecule has 1 heterocycles. The van der Waals surface area contributed by atoms with Gasteiger partial charge in [-0.1, -0.05) is 23.8 Å². The van der Waals surface area contributed by atoms with E-state index in [-0.39, 0.29) is 6.61 Å². The van der Waals surface area contributed by atoms with Crippen LogP contribution < -0.4 is 14.8 Å². The zero-order valence-electron chi connectivity index (χ0n) is 15.3. The Hall–Kier alpha value is -3.06. The fourth-order valence-corrected chi connectivity index (χ4v) is 3.17. The molecule has 140 valence electrons. The molecule has 0 amide bonds. The van der Waals surface area contributed by atoms with Crippen LogP contribution >= 0.6 is 11.3 Å². The zero-order valence-corrected chi connectivity index (χ0v) is 16.1. The van der Waals surface area contributed by atoms with Crippen LogP contribution in [0.4, 0.5) is 10.8 Å². The Morgan fingerprint density at radius 2 is 1.89 bits per heavy atom. The van der Waals surface area contributed by atoms with Crippen molar-refractivity contribution in [2.24, 2.45) is 0 Å². The van der Waals surface area contributed by atoms with Crippen molar-refractivity contribution in [3.05, 3.63) is 64.7 Å². The lowest BCUT2D eigenvalue weighted by Gasteiger charge is -2.11. The van der Waals surface area contributed by atoms with Gasteiger partial charge in [0.15, 0.2) is 16.6 Å². The lowest BCUT2D eigenvalue weighted by Crippen LogP contribution is -2.08. The molecule has 0 spiro atoms. The van der Waals surface area contributed by atoms with Crippen LogP contribution in [0.15, 0.2) is 47.8 Å². The molecular formula is C20H20N2O4S. The Labute approximate surface area is 161 Å². The van der Waals surface area contributed by atoms with Gasteiger partial charge in [0.25, 0.3) is 0 Å². The molecule has 27 heavy (non-hydrogen) atoms. The van der Waals surface area contributed by atoms with Crippen LogP contribution in [0.5, 0.6) is 11.5 Å². The summed E-state index contributed by atoms with van der Waals surface area (Å²) < 4.78 is 15.9. The Kier molecular flexibility index (Phi) is 5.93. The largest absolute Gasteiger partial charge is 0.493 e. The number of benzene rings is 2. The summed E-state index contributed by atoms with van der Waals surface area (Å²) in [6.07, 6.45) is 0. The van der Waals surface area contributed by atoms with E-state index >= 15 is 0 Å². The third kappa shape index (κ3) is 4.57. The molecule has 1 N–H and O–H groups in total. The highest BCUT2D eigenvalue weighted by Gasteiger charge is 2.18. The first-order valence-corrected chi connectivity index (χ1v) is 9.15. The predicted octanol–water partition coefficient (Wildman–Crippen LogP) is 4.57. The van der Waals surface area contributed by atoms with Crippen molar-refractivity contribution >= 4 is 28.1 Å². The molecule has 0 unspecified atom stereocenters. The lowest BCUT2D eigenvalue weighted by molar-refractivity contribution is 0.0464. The minimum Gasteiger partial charge on any atom is -0.493 e. The van der Waals surface area contributed by atoms with E-state index in [1.807, 2.05) is 36.6 Å². The van der Waals surface area contributed by atoms with Gasteiger partial charge in [-0.3, -0.25) is 0 Å². The quantitative estimate of drug-likeness (QED) is 0.602. The lowest BCUT2D eigenvalue weighted by atomic mass is 10.2. The van der Waals surface area contributed by atoms with Crippen molar-refractivity contribution in [2.75, 3.05) is 19.5 Å². The van der Waals surface area contributed by atoms with E-state index in [1.54, 1.807) is 18.2 Å². The van der Waals surface area contributed by atoms with Gasteiger partial charge in [-0.25, -0.2) is 9.78 Å². The third-order valence-corrected chi connectivity index (χ3v) is 4.64. The number of aromatic nitrogens is 1. The number of hydrogen-bond donors (Lipinski definition) is 1. The number of nitrogens with one attached hydrogen (secondary N) is 1. The fraction of sp³-hybridized carbons (Fsp3) is 0.200. The Morgan fingerprint density at radius 3 is 2.59 bits per heavy atom. The van der Waals surface area contributed by atoms with E-state index in [1.165, 1.54) is 31.1 Å². The summed E-state index contributed by atoms with van der Waals surface area (Å²) in [5, 5.41) is 5.83.